The minimum atomic E-state index is -4.55. The Morgan fingerprint density at radius 1 is 1.33 bits per heavy atom. The van der Waals surface area contributed by atoms with Crippen LogP contribution in [0.15, 0.2) is 12.1 Å². The average Bonchev–Trinajstić information content (AvgIpc) is 2.81. The third kappa shape index (κ3) is 3.23. The van der Waals surface area contributed by atoms with Crippen LogP contribution in [0.2, 0.25) is 0 Å². The molecule has 116 valence electrons. The van der Waals surface area contributed by atoms with E-state index in [2.05, 4.69) is 0 Å². The number of benzene rings is 1. The van der Waals surface area contributed by atoms with Crippen molar-refractivity contribution in [2.24, 2.45) is 0 Å². The Morgan fingerprint density at radius 2 is 1.90 bits per heavy atom. The number of carbonyl (C=O) groups is 1. The van der Waals surface area contributed by atoms with Gasteiger partial charge in [0.05, 0.1) is 23.5 Å². The second-order valence-corrected chi connectivity index (χ2v) is 4.74. The number of hydrogen-bond donors (Lipinski definition) is 3. The minimum Gasteiger partial charge on any atom is -0.484 e. The lowest BCUT2D eigenvalue weighted by atomic mass is 10.1. The summed E-state index contributed by atoms with van der Waals surface area (Å²) in [5.74, 6) is -0.0414. The molecule has 1 heterocycles. The van der Waals surface area contributed by atoms with E-state index < -0.39 is 23.9 Å². The monoisotopic (exact) mass is 305 g/mol. The van der Waals surface area contributed by atoms with Gasteiger partial charge in [0.2, 0.25) is 0 Å². The van der Waals surface area contributed by atoms with Crippen LogP contribution in [0.25, 0.3) is 0 Å². The highest BCUT2D eigenvalue weighted by molar-refractivity contribution is 5.69. The van der Waals surface area contributed by atoms with Crippen LogP contribution >= 0.6 is 0 Å². The van der Waals surface area contributed by atoms with Crippen LogP contribution < -0.4 is 16.2 Å². The summed E-state index contributed by atoms with van der Waals surface area (Å²) in [6, 6.07) is 1.49. The maximum Gasteiger partial charge on any atom is 0.416 e. The van der Waals surface area contributed by atoms with Crippen LogP contribution in [0, 0.1) is 0 Å². The molecular formula is C12H14F3N3O3. The van der Waals surface area contributed by atoms with Crippen LogP contribution in [0.5, 0.6) is 5.75 Å². The number of nitrogens with two attached hydrogens (primary N) is 2. The first-order valence-electron chi connectivity index (χ1n) is 6.09. The van der Waals surface area contributed by atoms with Crippen LogP contribution in [0.4, 0.5) is 29.3 Å². The van der Waals surface area contributed by atoms with Crippen molar-refractivity contribution in [3.8, 4) is 5.75 Å². The summed E-state index contributed by atoms with van der Waals surface area (Å²) in [5, 5.41) is 8.83. The fourth-order valence-corrected chi connectivity index (χ4v) is 2.14. The molecule has 1 aromatic rings. The minimum absolute atomic E-state index is 0.0414. The van der Waals surface area contributed by atoms with Crippen molar-refractivity contribution in [2.75, 3.05) is 24.6 Å². The van der Waals surface area contributed by atoms with E-state index in [0.717, 1.165) is 17.0 Å². The predicted molar refractivity (Wildman–Crippen MR) is 68.9 cm³/mol. The van der Waals surface area contributed by atoms with E-state index in [1.165, 1.54) is 0 Å². The molecular weight excluding hydrogens is 291 g/mol. The lowest BCUT2D eigenvalue weighted by molar-refractivity contribution is -0.137. The van der Waals surface area contributed by atoms with Gasteiger partial charge >= 0.3 is 12.3 Å². The number of alkyl halides is 3. The summed E-state index contributed by atoms with van der Waals surface area (Å²) in [5.41, 5.74) is 9.71. The van der Waals surface area contributed by atoms with Crippen molar-refractivity contribution >= 4 is 17.5 Å². The highest BCUT2D eigenvalue weighted by atomic mass is 19.4. The van der Waals surface area contributed by atoms with Gasteiger partial charge in [-0.05, 0) is 12.1 Å². The van der Waals surface area contributed by atoms with Gasteiger partial charge in [-0.15, -0.1) is 0 Å². The molecule has 0 unspecified atom stereocenters. The number of nitrogen functional groups attached to an aromatic ring is 2. The SMILES string of the molecule is Nc1cc(C(F)(F)F)cc(N)c1O[C@@H]1CCN(C(=O)O)C1. The van der Waals surface area contributed by atoms with Gasteiger partial charge in [0.15, 0.2) is 5.75 Å². The number of nitrogens with zero attached hydrogens (tertiary/aromatic N) is 1. The Morgan fingerprint density at radius 3 is 2.33 bits per heavy atom. The van der Waals surface area contributed by atoms with Crippen molar-refractivity contribution in [2.45, 2.75) is 18.7 Å². The molecule has 1 aromatic carbocycles. The highest BCUT2D eigenvalue weighted by Gasteiger charge is 2.33. The first-order chi connectivity index (χ1) is 9.68. The standard InChI is InChI=1S/C12H14F3N3O3/c13-12(14,15)6-3-8(16)10(9(17)4-6)21-7-1-2-18(5-7)11(19)20/h3-4,7H,1-2,5,16-17H2,(H,19,20)/t7-/m1/s1. The molecule has 2 rings (SSSR count). The van der Waals surface area contributed by atoms with E-state index in [1.807, 2.05) is 0 Å². The number of amides is 1. The molecule has 0 aliphatic carbocycles. The number of ether oxygens (including phenoxy) is 1. The molecule has 5 N–H and O–H groups in total. The van der Waals surface area contributed by atoms with E-state index >= 15 is 0 Å². The Labute approximate surface area is 118 Å². The number of likely N-dealkylation sites (tertiary alicyclic amines) is 1. The number of halogens is 3. The number of rotatable bonds is 2. The summed E-state index contributed by atoms with van der Waals surface area (Å²) in [7, 11) is 0. The van der Waals surface area contributed by atoms with Gasteiger partial charge in [0, 0.05) is 13.0 Å². The summed E-state index contributed by atoms with van der Waals surface area (Å²) < 4.78 is 43.3. The maximum atomic E-state index is 12.6. The lowest BCUT2D eigenvalue weighted by Crippen LogP contribution is -2.29. The normalized spacial score (nSPS) is 18.8. The lowest BCUT2D eigenvalue weighted by Gasteiger charge is -2.19. The van der Waals surface area contributed by atoms with E-state index in [-0.39, 0.29) is 23.7 Å². The zero-order valence-electron chi connectivity index (χ0n) is 10.9. The smallest absolute Gasteiger partial charge is 0.416 e. The quantitative estimate of drug-likeness (QED) is 0.725. The zero-order valence-corrected chi connectivity index (χ0v) is 10.9. The molecule has 0 bridgehead atoms. The average molecular weight is 305 g/mol. The Balaban J connectivity index is 2.17. The van der Waals surface area contributed by atoms with Crippen LogP contribution in [0.1, 0.15) is 12.0 Å². The maximum absolute atomic E-state index is 12.6. The molecule has 0 aromatic heterocycles. The Kier molecular flexibility index (Phi) is 3.75. The largest absolute Gasteiger partial charge is 0.484 e. The Bertz CT molecular complexity index is 539. The number of carboxylic acid groups (broad SMARTS) is 1. The molecule has 6 nitrogen and oxygen atoms in total. The number of anilines is 2. The predicted octanol–water partition coefficient (Wildman–Crippen LogP) is 2.00. The van der Waals surface area contributed by atoms with Gasteiger partial charge in [0.25, 0.3) is 0 Å². The molecule has 0 radical (unpaired) electrons. The third-order valence-corrected chi connectivity index (χ3v) is 3.17. The second-order valence-electron chi connectivity index (χ2n) is 4.74. The summed E-state index contributed by atoms with van der Waals surface area (Å²) >= 11 is 0. The van der Waals surface area contributed by atoms with Crippen molar-refractivity contribution in [3.63, 3.8) is 0 Å². The molecule has 1 fully saturated rings. The van der Waals surface area contributed by atoms with Gasteiger partial charge in [-0.2, -0.15) is 13.2 Å². The van der Waals surface area contributed by atoms with E-state index in [4.69, 9.17) is 21.3 Å². The van der Waals surface area contributed by atoms with Crippen molar-refractivity contribution in [1.29, 1.82) is 0 Å². The van der Waals surface area contributed by atoms with E-state index in [9.17, 15) is 18.0 Å². The zero-order chi connectivity index (χ0) is 15.8. The molecule has 0 saturated carbocycles. The number of hydrogen-bond acceptors (Lipinski definition) is 4. The molecule has 1 aliphatic heterocycles. The molecule has 1 atom stereocenters. The summed E-state index contributed by atoms with van der Waals surface area (Å²) in [4.78, 5) is 11.9. The first kappa shape index (κ1) is 15.1. The van der Waals surface area contributed by atoms with Crippen LogP contribution in [-0.2, 0) is 6.18 Å². The van der Waals surface area contributed by atoms with Crippen molar-refractivity contribution < 1.29 is 27.8 Å². The topological polar surface area (TPSA) is 102 Å². The molecule has 1 aliphatic rings. The fraction of sp³-hybridized carbons (Fsp3) is 0.417. The Hall–Kier alpha value is -2.32. The van der Waals surface area contributed by atoms with Gasteiger partial charge in [-0.25, -0.2) is 4.79 Å². The second kappa shape index (κ2) is 5.23. The molecule has 21 heavy (non-hydrogen) atoms. The highest BCUT2D eigenvalue weighted by Crippen LogP contribution is 2.38. The molecule has 9 heteroatoms. The van der Waals surface area contributed by atoms with Gasteiger partial charge in [0.1, 0.15) is 6.10 Å². The van der Waals surface area contributed by atoms with Crippen LogP contribution in [-0.4, -0.2) is 35.3 Å². The molecule has 1 saturated heterocycles. The van der Waals surface area contributed by atoms with E-state index in [0.29, 0.717) is 13.0 Å². The van der Waals surface area contributed by atoms with Gasteiger partial charge in [-0.3, -0.25) is 0 Å². The molecule has 1 amide bonds. The van der Waals surface area contributed by atoms with Crippen molar-refractivity contribution in [1.82, 2.24) is 4.90 Å². The molecule has 0 spiro atoms. The van der Waals surface area contributed by atoms with Crippen molar-refractivity contribution in [3.05, 3.63) is 17.7 Å². The van der Waals surface area contributed by atoms with E-state index in [1.54, 1.807) is 0 Å². The first-order valence-corrected chi connectivity index (χ1v) is 6.09. The fourth-order valence-electron chi connectivity index (χ4n) is 2.14. The summed E-state index contributed by atoms with van der Waals surface area (Å²) in [6.45, 7) is 0.412. The van der Waals surface area contributed by atoms with Crippen LogP contribution in [0.3, 0.4) is 0 Å². The van der Waals surface area contributed by atoms with Gasteiger partial charge < -0.3 is 26.2 Å². The summed E-state index contributed by atoms with van der Waals surface area (Å²) in [6.07, 6.45) is -5.68. The third-order valence-electron chi connectivity index (χ3n) is 3.17. The van der Waals surface area contributed by atoms with Gasteiger partial charge in [-0.1, -0.05) is 0 Å².